The Labute approximate surface area is 119 Å². The fourth-order valence-electron chi connectivity index (χ4n) is 3.11. The van der Waals surface area contributed by atoms with E-state index in [1.165, 1.54) is 5.69 Å². The molecule has 0 spiro atoms. The van der Waals surface area contributed by atoms with Crippen LogP contribution in [0.25, 0.3) is 5.65 Å². The number of fused-ring (bicyclic) bond motifs is 2. The van der Waals surface area contributed by atoms with Crippen molar-refractivity contribution in [2.24, 2.45) is 11.8 Å². The Bertz CT molecular complexity index is 630. The highest BCUT2D eigenvalue weighted by molar-refractivity contribution is 9.10. The van der Waals surface area contributed by atoms with Crippen molar-refractivity contribution < 1.29 is 9.47 Å². The smallest absolute Gasteiger partial charge is 0.140 e. The van der Waals surface area contributed by atoms with Crippen molar-refractivity contribution in [3.05, 3.63) is 28.6 Å². The first-order valence-corrected chi connectivity index (χ1v) is 7.46. The van der Waals surface area contributed by atoms with Gasteiger partial charge >= 0.3 is 0 Å². The lowest BCUT2D eigenvalue weighted by atomic mass is 10.2. The van der Waals surface area contributed by atoms with E-state index in [1.807, 2.05) is 19.2 Å². The van der Waals surface area contributed by atoms with Crippen molar-refractivity contribution in [2.45, 2.75) is 12.8 Å². The van der Waals surface area contributed by atoms with Crippen molar-refractivity contribution in [3.8, 4) is 5.75 Å². The van der Waals surface area contributed by atoms with Gasteiger partial charge in [0.1, 0.15) is 11.4 Å². The number of aromatic nitrogens is 2. The summed E-state index contributed by atoms with van der Waals surface area (Å²) in [5.74, 6) is 2.84. The van der Waals surface area contributed by atoms with Gasteiger partial charge in [0, 0.05) is 24.4 Å². The molecule has 1 aliphatic carbocycles. The zero-order valence-electron chi connectivity index (χ0n) is 10.7. The Morgan fingerprint density at radius 2 is 2.21 bits per heavy atom. The molecule has 2 aliphatic rings. The van der Waals surface area contributed by atoms with Crippen molar-refractivity contribution in [2.75, 3.05) is 19.8 Å². The second-order valence-electron chi connectivity index (χ2n) is 5.24. The molecule has 4 rings (SSSR count). The van der Waals surface area contributed by atoms with Gasteiger partial charge in [0.05, 0.1) is 30.0 Å². The zero-order valence-corrected chi connectivity index (χ0v) is 12.3. The molecule has 2 atom stereocenters. The van der Waals surface area contributed by atoms with Crippen LogP contribution in [0.1, 0.15) is 18.5 Å². The third-order valence-corrected chi connectivity index (χ3v) is 4.72. The highest BCUT2D eigenvalue weighted by atomic mass is 79.9. The molecular formula is C14H15BrN2O2. The Morgan fingerprint density at radius 1 is 1.42 bits per heavy atom. The highest BCUT2D eigenvalue weighted by Crippen LogP contribution is 2.57. The summed E-state index contributed by atoms with van der Waals surface area (Å²) in [6, 6.07) is 1.99. The number of imidazole rings is 1. The summed E-state index contributed by atoms with van der Waals surface area (Å²) < 4.78 is 14.1. The summed E-state index contributed by atoms with van der Waals surface area (Å²) in [6.45, 7) is 4.44. The summed E-state index contributed by atoms with van der Waals surface area (Å²) in [7, 11) is 0. The van der Waals surface area contributed by atoms with Crippen molar-refractivity contribution in [1.82, 2.24) is 9.38 Å². The molecule has 1 saturated heterocycles. The number of halogens is 1. The highest BCUT2D eigenvalue weighted by Gasteiger charge is 2.55. The van der Waals surface area contributed by atoms with Crippen molar-refractivity contribution >= 4 is 21.6 Å². The van der Waals surface area contributed by atoms with Gasteiger partial charge in [-0.3, -0.25) is 0 Å². The van der Waals surface area contributed by atoms with E-state index in [9.17, 15) is 0 Å². The Morgan fingerprint density at radius 3 is 2.95 bits per heavy atom. The fraction of sp³-hybridized carbons (Fsp3) is 0.500. The van der Waals surface area contributed by atoms with Crippen LogP contribution in [0.3, 0.4) is 0 Å². The van der Waals surface area contributed by atoms with Gasteiger partial charge < -0.3 is 13.9 Å². The van der Waals surface area contributed by atoms with E-state index in [-0.39, 0.29) is 0 Å². The predicted molar refractivity (Wildman–Crippen MR) is 74.6 cm³/mol. The minimum Gasteiger partial charge on any atom is -0.492 e. The van der Waals surface area contributed by atoms with Crippen LogP contribution in [0.5, 0.6) is 5.75 Å². The van der Waals surface area contributed by atoms with E-state index in [1.54, 1.807) is 0 Å². The predicted octanol–water partition coefficient (Wildman–Crippen LogP) is 2.86. The molecule has 0 aromatic carbocycles. The number of nitrogens with zero attached hydrogens (tertiary/aromatic N) is 2. The molecule has 0 radical (unpaired) electrons. The first-order chi connectivity index (χ1) is 9.28. The quantitative estimate of drug-likeness (QED) is 0.871. The SMILES string of the molecule is CCOc1cc2nc(C3C4COCC43)cn2cc1Br. The molecular weight excluding hydrogens is 308 g/mol. The maximum Gasteiger partial charge on any atom is 0.140 e. The monoisotopic (exact) mass is 322 g/mol. The number of rotatable bonds is 3. The second-order valence-corrected chi connectivity index (χ2v) is 6.10. The topological polar surface area (TPSA) is 35.8 Å². The van der Waals surface area contributed by atoms with Gasteiger partial charge in [-0.15, -0.1) is 0 Å². The van der Waals surface area contributed by atoms with Crippen molar-refractivity contribution in [1.29, 1.82) is 0 Å². The molecule has 0 N–H and O–H groups in total. The largest absolute Gasteiger partial charge is 0.492 e. The first kappa shape index (κ1) is 11.7. The number of pyridine rings is 1. The van der Waals surface area contributed by atoms with E-state index in [2.05, 4.69) is 26.5 Å². The van der Waals surface area contributed by atoms with Crippen LogP contribution in [0.2, 0.25) is 0 Å². The van der Waals surface area contributed by atoms with Gasteiger partial charge in [-0.05, 0) is 34.7 Å². The summed E-state index contributed by atoms with van der Waals surface area (Å²) in [5, 5.41) is 0. The molecule has 2 unspecified atom stereocenters. The molecule has 100 valence electrons. The van der Waals surface area contributed by atoms with Crippen LogP contribution in [-0.2, 0) is 4.74 Å². The Kier molecular flexibility index (Phi) is 2.60. The van der Waals surface area contributed by atoms with Crippen LogP contribution in [0, 0.1) is 11.8 Å². The van der Waals surface area contributed by atoms with Gasteiger partial charge in [0.25, 0.3) is 0 Å². The van der Waals surface area contributed by atoms with Crippen molar-refractivity contribution in [3.63, 3.8) is 0 Å². The van der Waals surface area contributed by atoms with E-state index < -0.39 is 0 Å². The fourth-order valence-corrected chi connectivity index (χ4v) is 3.56. The van der Waals surface area contributed by atoms with Gasteiger partial charge in [-0.25, -0.2) is 4.98 Å². The maximum absolute atomic E-state index is 5.58. The molecule has 19 heavy (non-hydrogen) atoms. The van der Waals surface area contributed by atoms with Crippen LogP contribution >= 0.6 is 15.9 Å². The van der Waals surface area contributed by atoms with Crippen LogP contribution in [-0.4, -0.2) is 29.2 Å². The summed E-state index contributed by atoms with van der Waals surface area (Å²) in [4.78, 5) is 4.75. The van der Waals surface area contributed by atoms with E-state index in [0.29, 0.717) is 24.4 Å². The lowest BCUT2D eigenvalue weighted by molar-refractivity contribution is 0.160. The van der Waals surface area contributed by atoms with Gasteiger partial charge in [-0.2, -0.15) is 0 Å². The molecule has 0 amide bonds. The third-order valence-electron chi connectivity index (χ3n) is 4.12. The average molecular weight is 323 g/mol. The van der Waals surface area contributed by atoms with Crippen LogP contribution in [0.4, 0.5) is 0 Å². The maximum atomic E-state index is 5.58. The third kappa shape index (κ3) is 1.79. The minimum atomic E-state index is 0.600. The molecule has 2 aromatic heterocycles. The molecule has 1 aliphatic heterocycles. The van der Waals surface area contributed by atoms with Crippen LogP contribution < -0.4 is 4.74 Å². The van der Waals surface area contributed by atoms with E-state index in [4.69, 9.17) is 14.5 Å². The molecule has 0 bridgehead atoms. The van der Waals surface area contributed by atoms with Gasteiger partial charge in [0.2, 0.25) is 0 Å². The Balaban J connectivity index is 1.71. The standard InChI is InChI=1S/C14H15BrN2O2/c1-2-19-12-3-13-16-11(5-17(13)4-10(12)15)14-8-6-18-7-9(8)14/h3-5,8-9,14H,2,6-7H2,1H3. The molecule has 1 saturated carbocycles. The van der Waals surface area contributed by atoms with Gasteiger partial charge in [-0.1, -0.05) is 0 Å². The lowest BCUT2D eigenvalue weighted by Crippen LogP contribution is -1.96. The molecule has 4 nitrogen and oxygen atoms in total. The summed E-state index contributed by atoms with van der Waals surface area (Å²) in [6.07, 6.45) is 4.16. The van der Waals surface area contributed by atoms with E-state index in [0.717, 1.165) is 29.1 Å². The molecule has 5 heteroatoms. The molecule has 2 aromatic rings. The Hall–Kier alpha value is -1.07. The zero-order chi connectivity index (χ0) is 13.0. The second kappa shape index (κ2) is 4.21. The molecule has 2 fully saturated rings. The number of ether oxygens (including phenoxy) is 2. The normalized spacial score (nSPS) is 28.6. The van der Waals surface area contributed by atoms with Crippen LogP contribution in [0.15, 0.2) is 22.9 Å². The average Bonchev–Trinajstić information content (AvgIpc) is 2.78. The number of hydrogen-bond acceptors (Lipinski definition) is 3. The lowest BCUT2D eigenvalue weighted by Gasteiger charge is -2.05. The minimum absolute atomic E-state index is 0.600. The summed E-state index contributed by atoms with van der Waals surface area (Å²) >= 11 is 3.54. The summed E-state index contributed by atoms with van der Waals surface area (Å²) in [5.41, 5.74) is 2.14. The number of hydrogen-bond donors (Lipinski definition) is 0. The first-order valence-electron chi connectivity index (χ1n) is 6.66. The van der Waals surface area contributed by atoms with Gasteiger partial charge in [0.15, 0.2) is 0 Å². The van der Waals surface area contributed by atoms with E-state index >= 15 is 0 Å². The molecule has 3 heterocycles.